The maximum atomic E-state index is 12.7. The van der Waals surface area contributed by atoms with Crippen LogP contribution in [0.15, 0.2) is 12.5 Å². The van der Waals surface area contributed by atoms with Gasteiger partial charge in [0.2, 0.25) is 5.91 Å². The van der Waals surface area contributed by atoms with Crippen LogP contribution in [-0.2, 0) is 16.6 Å². The summed E-state index contributed by atoms with van der Waals surface area (Å²) in [4.78, 5) is 35.7. The Labute approximate surface area is 172 Å². The Bertz CT molecular complexity index is 726. The van der Waals surface area contributed by atoms with E-state index in [0.29, 0.717) is 30.2 Å². The summed E-state index contributed by atoms with van der Waals surface area (Å²) in [6.45, 7) is 4.74. The molecule has 2 saturated heterocycles. The molecular weight excluding hydrogens is 370 g/mol. The molecule has 1 aromatic rings. The molecule has 0 bridgehead atoms. The zero-order chi connectivity index (χ0) is 20.4. The summed E-state index contributed by atoms with van der Waals surface area (Å²) >= 11 is 0. The van der Waals surface area contributed by atoms with E-state index in [1.54, 1.807) is 22.0 Å². The SMILES string of the molecule is CN(CCN(C1CCOCC1)C1CCN(C(=O)C2CC2)C1)C(=O)c1cn(C)cn1. The molecule has 160 valence electrons. The van der Waals surface area contributed by atoms with Crippen LogP contribution in [-0.4, -0.2) is 94.6 Å². The summed E-state index contributed by atoms with van der Waals surface area (Å²) < 4.78 is 7.36. The van der Waals surface area contributed by atoms with Gasteiger partial charge in [-0.25, -0.2) is 4.98 Å². The standard InChI is InChI=1S/C21H33N5O3/c1-23-14-19(22-15-23)21(28)24(2)9-10-26(17-6-11-29-12-7-17)18-5-8-25(13-18)20(27)16-3-4-16/h14-18H,3-13H2,1-2H3. The minimum absolute atomic E-state index is 0.0468. The van der Waals surface area contributed by atoms with Crippen LogP contribution in [0.3, 0.4) is 0 Å². The third kappa shape index (κ3) is 4.80. The Balaban J connectivity index is 1.38. The smallest absolute Gasteiger partial charge is 0.273 e. The second-order valence-electron chi connectivity index (χ2n) is 8.73. The first-order valence-corrected chi connectivity index (χ1v) is 10.9. The van der Waals surface area contributed by atoms with Gasteiger partial charge in [0.25, 0.3) is 5.91 Å². The Morgan fingerprint density at radius 2 is 1.90 bits per heavy atom. The van der Waals surface area contributed by atoms with Crippen molar-refractivity contribution in [3.05, 3.63) is 18.2 Å². The van der Waals surface area contributed by atoms with Crippen molar-refractivity contribution >= 4 is 11.8 Å². The van der Waals surface area contributed by atoms with Crippen LogP contribution < -0.4 is 0 Å². The summed E-state index contributed by atoms with van der Waals surface area (Å²) in [6, 6.07) is 0.835. The topological polar surface area (TPSA) is 70.9 Å². The van der Waals surface area contributed by atoms with Crippen LogP contribution in [0.1, 0.15) is 42.6 Å². The minimum Gasteiger partial charge on any atom is -0.381 e. The predicted octanol–water partition coefficient (Wildman–Crippen LogP) is 0.984. The van der Waals surface area contributed by atoms with Gasteiger partial charge >= 0.3 is 0 Å². The summed E-state index contributed by atoms with van der Waals surface area (Å²) in [6.07, 6.45) is 8.59. The van der Waals surface area contributed by atoms with Gasteiger partial charge in [0.1, 0.15) is 5.69 Å². The highest BCUT2D eigenvalue weighted by Crippen LogP contribution is 2.33. The second-order valence-corrected chi connectivity index (χ2v) is 8.73. The van der Waals surface area contributed by atoms with E-state index in [1.807, 2.05) is 14.1 Å². The fourth-order valence-electron chi connectivity index (χ4n) is 4.57. The van der Waals surface area contributed by atoms with E-state index in [9.17, 15) is 9.59 Å². The molecule has 0 radical (unpaired) electrons. The monoisotopic (exact) mass is 403 g/mol. The molecule has 4 rings (SSSR count). The van der Waals surface area contributed by atoms with Gasteiger partial charge in [-0.3, -0.25) is 14.5 Å². The van der Waals surface area contributed by atoms with E-state index >= 15 is 0 Å². The van der Waals surface area contributed by atoms with Crippen molar-refractivity contribution in [1.82, 2.24) is 24.3 Å². The van der Waals surface area contributed by atoms with Crippen molar-refractivity contribution in [3.8, 4) is 0 Å². The van der Waals surface area contributed by atoms with Gasteiger partial charge in [-0.05, 0) is 32.1 Å². The average Bonchev–Trinajstić information content (AvgIpc) is 3.32. The number of aromatic nitrogens is 2. The molecule has 1 unspecified atom stereocenters. The number of imidazole rings is 1. The number of aryl methyl sites for hydroxylation is 1. The van der Waals surface area contributed by atoms with Gasteiger partial charge < -0.3 is 19.1 Å². The maximum absolute atomic E-state index is 12.7. The molecule has 3 fully saturated rings. The molecule has 3 heterocycles. The second kappa shape index (κ2) is 8.83. The zero-order valence-corrected chi connectivity index (χ0v) is 17.6. The number of nitrogens with zero attached hydrogens (tertiary/aromatic N) is 5. The quantitative estimate of drug-likeness (QED) is 0.679. The van der Waals surface area contributed by atoms with Crippen molar-refractivity contribution < 1.29 is 14.3 Å². The molecule has 2 aliphatic heterocycles. The Kier molecular flexibility index (Phi) is 6.20. The largest absolute Gasteiger partial charge is 0.381 e. The first-order valence-electron chi connectivity index (χ1n) is 10.9. The Morgan fingerprint density at radius 1 is 1.14 bits per heavy atom. The molecule has 3 aliphatic rings. The van der Waals surface area contributed by atoms with E-state index in [2.05, 4.69) is 14.8 Å². The number of hydrogen-bond donors (Lipinski definition) is 0. The fraction of sp³-hybridized carbons (Fsp3) is 0.762. The lowest BCUT2D eigenvalue weighted by molar-refractivity contribution is -0.131. The maximum Gasteiger partial charge on any atom is 0.273 e. The number of hydrogen-bond acceptors (Lipinski definition) is 5. The van der Waals surface area contributed by atoms with Crippen molar-refractivity contribution in [2.24, 2.45) is 13.0 Å². The van der Waals surface area contributed by atoms with Crippen molar-refractivity contribution in [3.63, 3.8) is 0 Å². The van der Waals surface area contributed by atoms with Crippen LogP contribution in [0.5, 0.6) is 0 Å². The number of carbonyl (C=O) groups is 2. The van der Waals surface area contributed by atoms with E-state index in [4.69, 9.17) is 4.74 Å². The lowest BCUT2D eigenvalue weighted by atomic mass is 10.0. The molecule has 1 aliphatic carbocycles. The molecule has 8 heteroatoms. The molecule has 1 aromatic heterocycles. The summed E-state index contributed by atoms with van der Waals surface area (Å²) in [7, 11) is 3.71. The number of carbonyl (C=O) groups excluding carboxylic acids is 2. The zero-order valence-electron chi connectivity index (χ0n) is 17.6. The van der Waals surface area contributed by atoms with Crippen LogP contribution in [0.25, 0.3) is 0 Å². The van der Waals surface area contributed by atoms with E-state index in [-0.39, 0.29) is 11.8 Å². The van der Waals surface area contributed by atoms with Crippen LogP contribution >= 0.6 is 0 Å². The highest BCUT2D eigenvalue weighted by molar-refractivity contribution is 5.91. The molecule has 0 aromatic carbocycles. The Morgan fingerprint density at radius 3 is 2.55 bits per heavy atom. The van der Waals surface area contributed by atoms with Gasteiger partial charge in [0, 0.05) is 77.7 Å². The van der Waals surface area contributed by atoms with E-state index in [0.717, 1.165) is 65.0 Å². The predicted molar refractivity (Wildman–Crippen MR) is 108 cm³/mol. The third-order valence-corrected chi connectivity index (χ3v) is 6.49. The number of ether oxygens (including phenoxy) is 1. The van der Waals surface area contributed by atoms with E-state index < -0.39 is 0 Å². The number of rotatable bonds is 7. The van der Waals surface area contributed by atoms with Crippen LogP contribution in [0.4, 0.5) is 0 Å². The first kappa shape index (κ1) is 20.3. The molecular formula is C21H33N5O3. The normalized spacial score (nSPS) is 23.0. The van der Waals surface area contributed by atoms with Crippen molar-refractivity contribution in [2.45, 2.75) is 44.2 Å². The molecule has 8 nitrogen and oxygen atoms in total. The van der Waals surface area contributed by atoms with Crippen molar-refractivity contribution in [2.75, 3.05) is 46.4 Å². The Hall–Kier alpha value is -1.93. The minimum atomic E-state index is -0.0468. The first-order chi connectivity index (χ1) is 14.0. The lowest BCUT2D eigenvalue weighted by Crippen LogP contribution is -2.50. The highest BCUT2D eigenvalue weighted by atomic mass is 16.5. The molecule has 0 N–H and O–H groups in total. The molecule has 29 heavy (non-hydrogen) atoms. The van der Waals surface area contributed by atoms with Gasteiger partial charge in [-0.2, -0.15) is 0 Å². The number of amides is 2. The summed E-state index contributed by atoms with van der Waals surface area (Å²) in [5, 5.41) is 0. The molecule has 2 amide bonds. The van der Waals surface area contributed by atoms with Crippen LogP contribution in [0.2, 0.25) is 0 Å². The van der Waals surface area contributed by atoms with E-state index in [1.165, 1.54) is 0 Å². The number of likely N-dealkylation sites (tertiary alicyclic amines) is 1. The molecule has 1 atom stereocenters. The lowest BCUT2D eigenvalue weighted by Gasteiger charge is -2.39. The summed E-state index contributed by atoms with van der Waals surface area (Å²) in [5.74, 6) is 0.587. The average molecular weight is 404 g/mol. The number of likely N-dealkylation sites (N-methyl/N-ethyl adjacent to an activating group) is 1. The van der Waals surface area contributed by atoms with Crippen LogP contribution in [0, 0.1) is 5.92 Å². The molecule has 1 saturated carbocycles. The van der Waals surface area contributed by atoms with Gasteiger partial charge in [0.15, 0.2) is 0 Å². The summed E-state index contributed by atoms with van der Waals surface area (Å²) in [5.41, 5.74) is 0.481. The van der Waals surface area contributed by atoms with Gasteiger partial charge in [0.05, 0.1) is 6.33 Å². The van der Waals surface area contributed by atoms with Gasteiger partial charge in [-0.15, -0.1) is 0 Å². The third-order valence-electron chi connectivity index (χ3n) is 6.49. The molecule has 0 spiro atoms. The fourth-order valence-corrected chi connectivity index (χ4v) is 4.57. The highest BCUT2D eigenvalue weighted by Gasteiger charge is 2.39. The van der Waals surface area contributed by atoms with Crippen molar-refractivity contribution in [1.29, 1.82) is 0 Å². The van der Waals surface area contributed by atoms with Gasteiger partial charge in [-0.1, -0.05) is 0 Å².